The first-order chi connectivity index (χ1) is 10.3. The van der Waals surface area contributed by atoms with Crippen LogP contribution in [-0.4, -0.2) is 24.1 Å². The maximum absolute atomic E-state index is 9.38. The summed E-state index contributed by atoms with van der Waals surface area (Å²) in [5.74, 6) is 2.84. The first-order valence-electron chi connectivity index (χ1n) is 7.05. The fourth-order valence-corrected chi connectivity index (χ4v) is 2.53. The van der Waals surface area contributed by atoms with Crippen LogP contribution < -0.4 is 9.47 Å². The predicted molar refractivity (Wildman–Crippen MR) is 86.6 cm³/mol. The number of phenols is 1. The lowest BCUT2D eigenvalue weighted by Gasteiger charge is -2.08. The smallest absolute Gasteiger partial charge is 0.119 e. The molecule has 0 saturated heterocycles. The van der Waals surface area contributed by atoms with Crippen LogP contribution in [0, 0.1) is 0 Å². The molecule has 0 aromatic heterocycles. The van der Waals surface area contributed by atoms with Gasteiger partial charge in [-0.05, 0) is 48.9 Å². The molecule has 4 heteroatoms. The lowest BCUT2D eigenvalue weighted by molar-refractivity contribution is 0.314. The van der Waals surface area contributed by atoms with Crippen molar-refractivity contribution in [2.45, 2.75) is 18.2 Å². The molecule has 0 saturated carbocycles. The zero-order valence-corrected chi connectivity index (χ0v) is 12.9. The fraction of sp³-hybridized carbons (Fsp3) is 0.294. The Bertz CT molecular complexity index is 540. The van der Waals surface area contributed by atoms with E-state index >= 15 is 0 Å². The minimum Gasteiger partial charge on any atom is -0.508 e. The van der Waals surface area contributed by atoms with Crippen molar-refractivity contribution in [2.24, 2.45) is 0 Å². The number of hydrogen-bond acceptors (Lipinski definition) is 4. The Morgan fingerprint density at radius 2 is 1.62 bits per heavy atom. The van der Waals surface area contributed by atoms with E-state index in [9.17, 15) is 5.11 Å². The first-order valence-corrected chi connectivity index (χ1v) is 8.04. The molecule has 0 bridgehead atoms. The number of hydrogen-bond donors (Lipinski definition) is 1. The van der Waals surface area contributed by atoms with Gasteiger partial charge in [-0.25, -0.2) is 0 Å². The van der Waals surface area contributed by atoms with Crippen molar-refractivity contribution >= 4 is 11.8 Å². The molecule has 2 rings (SSSR count). The third-order valence-corrected chi connectivity index (χ3v) is 3.69. The van der Waals surface area contributed by atoms with Crippen molar-refractivity contribution < 1.29 is 14.6 Å². The molecule has 3 nitrogen and oxygen atoms in total. The van der Waals surface area contributed by atoms with Crippen molar-refractivity contribution in [3.8, 4) is 17.2 Å². The maximum atomic E-state index is 9.38. The van der Waals surface area contributed by atoms with E-state index in [-0.39, 0.29) is 0 Å². The molecule has 0 aliphatic carbocycles. The first kappa shape index (κ1) is 15.6. The highest BCUT2D eigenvalue weighted by molar-refractivity contribution is 7.99. The summed E-state index contributed by atoms with van der Waals surface area (Å²) >= 11 is 1.66. The molecule has 0 atom stereocenters. The predicted octanol–water partition coefficient (Wildman–Crippen LogP) is 4.35. The van der Waals surface area contributed by atoms with Crippen LogP contribution in [0.15, 0.2) is 53.4 Å². The zero-order valence-electron chi connectivity index (χ0n) is 12.1. The van der Waals surface area contributed by atoms with Crippen molar-refractivity contribution in [1.29, 1.82) is 0 Å². The van der Waals surface area contributed by atoms with Gasteiger partial charge in [-0.1, -0.05) is 13.0 Å². The van der Waals surface area contributed by atoms with Gasteiger partial charge in [-0.2, -0.15) is 0 Å². The molecule has 0 spiro atoms. The van der Waals surface area contributed by atoms with Gasteiger partial charge in [0.1, 0.15) is 17.2 Å². The molecule has 0 radical (unpaired) electrons. The second-order valence-electron chi connectivity index (χ2n) is 4.51. The summed E-state index contributed by atoms with van der Waals surface area (Å²) in [5, 5.41) is 9.38. The highest BCUT2D eigenvalue weighted by Gasteiger charge is 1.98. The Balaban J connectivity index is 1.71. The van der Waals surface area contributed by atoms with Crippen LogP contribution in [0.4, 0.5) is 0 Å². The molecular formula is C17H20O3S. The second kappa shape index (κ2) is 8.47. The van der Waals surface area contributed by atoms with E-state index in [1.165, 1.54) is 0 Å². The van der Waals surface area contributed by atoms with Crippen LogP contribution in [0.2, 0.25) is 0 Å². The SMILES string of the molecule is CCCOc1ccc(OCCSc2cccc(O)c2)cc1. The highest BCUT2D eigenvalue weighted by atomic mass is 32.2. The third-order valence-electron chi connectivity index (χ3n) is 2.73. The van der Waals surface area contributed by atoms with Crippen molar-refractivity contribution in [2.75, 3.05) is 19.0 Å². The summed E-state index contributed by atoms with van der Waals surface area (Å²) in [7, 11) is 0. The summed E-state index contributed by atoms with van der Waals surface area (Å²) in [4.78, 5) is 1.04. The van der Waals surface area contributed by atoms with E-state index in [2.05, 4.69) is 6.92 Å². The number of phenolic OH excluding ortho intramolecular Hbond substituents is 1. The Labute approximate surface area is 129 Å². The maximum Gasteiger partial charge on any atom is 0.119 e. The van der Waals surface area contributed by atoms with E-state index in [4.69, 9.17) is 9.47 Å². The topological polar surface area (TPSA) is 38.7 Å². The fourth-order valence-electron chi connectivity index (χ4n) is 1.74. The second-order valence-corrected chi connectivity index (χ2v) is 5.68. The molecule has 112 valence electrons. The third kappa shape index (κ3) is 5.60. The largest absolute Gasteiger partial charge is 0.508 e. The lowest BCUT2D eigenvalue weighted by Crippen LogP contribution is -2.00. The Hall–Kier alpha value is -1.81. The van der Waals surface area contributed by atoms with E-state index in [0.717, 1.165) is 35.2 Å². The van der Waals surface area contributed by atoms with Gasteiger partial charge < -0.3 is 14.6 Å². The summed E-state index contributed by atoms with van der Waals surface area (Å²) in [6.07, 6.45) is 1.00. The summed E-state index contributed by atoms with van der Waals surface area (Å²) in [5.41, 5.74) is 0. The van der Waals surface area contributed by atoms with Crippen LogP contribution in [0.3, 0.4) is 0 Å². The van der Waals surface area contributed by atoms with Gasteiger partial charge in [-0.15, -0.1) is 11.8 Å². The molecule has 0 aliphatic rings. The van der Waals surface area contributed by atoms with E-state index in [1.807, 2.05) is 36.4 Å². The number of aromatic hydroxyl groups is 1. The van der Waals surface area contributed by atoms with Crippen LogP contribution in [0.1, 0.15) is 13.3 Å². The average molecular weight is 304 g/mol. The number of rotatable bonds is 8. The molecule has 0 unspecified atom stereocenters. The van der Waals surface area contributed by atoms with Crippen LogP contribution in [-0.2, 0) is 0 Å². The number of ether oxygens (including phenoxy) is 2. The normalized spacial score (nSPS) is 10.3. The Kier molecular flexibility index (Phi) is 6.28. The minimum absolute atomic E-state index is 0.295. The molecule has 2 aromatic rings. The monoisotopic (exact) mass is 304 g/mol. The van der Waals surface area contributed by atoms with E-state index < -0.39 is 0 Å². The summed E-state index contributed by atoms with van der Waals surface area (Å²) in [6.45, 7) is 3.44. The van der Waals surface area contributed by atoms with E-state index in [1.54, 1.807) is 23.9 Å². The van der Waals surface area contributed by atoms with Crippen LogP contribution >= 0.6 is 11.8 Å². The van der Waals surface area contributed by atoms with E-state index in [0.29, 0.717) is 12.4 Å². The molecular weight excluding hydrogens is 284 g/mol. The Morgan fingerprint density at radius 3 is 2.24 bits per heavy atom. The standard InChI is InChI=1S/C17H20O3S/c1-2-10-19-15-6-8-16(9-7-15)20-11-12-21-17-5-3-4-14(18)13-17/h3-9,13,18H,2,10-12H2,1H3. The number of benzene rings is 2. The van der Waals surface area contributed by atoms with Gasteiger partial charge in [-0.3, -0.25) is 0 Å². The van der Waals surface area contributed by atoms with Gasteiger partial charge in [0, 0.05) is 10.6 Å². The minimum atomic E-state index is 0.295. The van der Waals surface area contributed by atoms with Gasteiger partial charge in [0.2, 0.25) is 0 Å². The quantitative estimate of drug-likeness (QED) is 0.581. The highest BCUT2D eigenvalue weighted by Crippen LogP contribution is 2.22. The van der Waals surface area contributed by atoms with Crippen LogP contribution in [0.25, 0.3) is 0 Å². The molecule has 2 aromatic carbocycles. The summed E-state index contributed by atoms with van der Waals surface area (Å²) < 4.78 is 11.2. The molecule has 0 aliphatic heterocycles. The van der Waals surface area contributed by atoms with Gasteiger partial charge in [0.15, 0.2) is 0 Å². The van der Waals surface area contributed by atoms with Gasteiger partial charge in [0.25, 0.3) is 0 Å². The molecule has 0 heterocycles. The van der Waals surface area contributed by atoms with Crippen molar-refractivity contribution in [3.05, 3.63) is 48.5 Å². The molecule has 1 N–H and O–H groups in total. The average Bonchev–Trinajstić information content (AvgIpc) is 2.51. The molecule has 21 heavy (non-hydrogen) atoms. The zero-order chi connectivity index (χ0) is 14.9. The Morgan fingerprint density at radius 1 is 0.952 bits per heavy atom. The van der Waals surface area contributed by atoms with Gasteiger partial charge in [0.05, 0.1) is 13.2 Å². The van der Waals surface area contributed by atoms with Crippen LogP contribution in [0.5, 0.6) is 17.2 Å². The molecule has 0 fully saturated rings. The van der Waals surface area contributed by atoms with Crippen molar-refractivity contribution in [3.63, 3.8) is 0 Å². The molecule has 0 amide bonds. The van der Waals surface area contributed by atoms with Gasteiger partial charge >= 0.3 is 0 Å². The van der Waals surface area contributed by atoms with Crippen molar-refractivity contribution in [1.82, 2.24) is 0 Å². The number of thioether (sulfide) groups is 1. The lowest BCUT2D eigenvalue weighted by atomic mass is 10.3. The summed E-state index contributed by atoms with van der Waals surface area (Å²) in [6, 6.07) is 14.9.